The van der Waals surface area contributed by atoms with Gasteiger partial charge in [-0.25, -0.2) is 17.9 Å². The minimum atomic E-state index is -4.18. The Balaban J connectivity index is 1.79. The summed E-state index contributed by atoms with van der Waals surface area (Å²) >= 11 is 0. The first-order valence-electron chi connectivity index (χ1n) is 10.7. The molecule has 0 bridgehead atoms. The Morgan fingerprint density at radius 2 is 1.14 bits per heavy atom. The van der Waals surface area contributed by atoms with E-state index < -0.39 is 15.8 Å². The number of rotatable bonds is 8. The van der Waals surface area contributed by atoms with E-state index in [4.69, 9.17) is 36.9 Å². The zero-order valence-electron chi connectivity index (χ0n) is 19.2. The second kappa shape index (κ2) is 10.1. The van der Waals surface area contributed by atoms with E-state index in [9.17, 15) is 12.8 Å². The van der Waals surface area contributed by atoms with Crippen molar-refractivity contribution in [1.82, 2.24) is 0 Å². The Hall–Kier alpha value is -4.74. The first kappa shape index (κ1) is 25.4. The minimum absolute atomic E-state index is 0.0247. The molecule has 0 saturated heterocycles. The second-order valence-electron chi connectivity index (χ2n) is 7.96. The van der Waals surface area contributed by atoms with Crippen LogP contribution >= 0.6 is 0 Å². The molecule has 0 saturated carbocycles. The molecule has 0 amide bonds. The predicted octanol–water partition coefficient (Wildman–Crippen LogP) is 4.29. The van der Waals surface area contributed by atoms with Gasteiger partial charge in [0.05, 0.1) is 4.90 Å². The average molecular weight is 520 g/mol. The summed E-state index contributed by atoms with van der Waals surface area (Å²) in [6, 6.07) is 20.7. The molecule has 0 aromatic heterocycles. The predicted molar refractivity (Wildman–Crippen MR) is 138 cm³/mol. The van der Waals surface area contributed by atoms with Crippen molar-refractivity contribution in [3.8, 4) is 34.1 Å². The summed E-state index contributed by atoms with van der Waals surface area (Å²) in [5.41, 5.74) is 12.3. The Bertz CT molecular complexity index is 1530. The molecule has 4 rings (SSSR count). The molecule has 0 unspecified atom stereocenters. The van der Waals surface area contributed by atoms with Crippen LogP contribution in [0.1, 0.15) is 11.1 Å². The smallest absolute Gasteiger partial charge is 0.238 e. The van der Waals surface area contributed by atoms with Gasteiger partial charge in [0, 0.05) is 22.8 Å². The highest BCUT2D eigenvalue weighted by atomic mass is 32.2. The lowest BCUT2D eigenvalue weighted by atomic mass is 10.0. The summed E-state index contributed by atoms with van der Waals surface area (Å²) in [7, 11) is -4.18. The summed E-state index contributed by atoms with van der Waals surface area (Å²) < 4.78 is 50.5. The van der Waals surface area contributed by atoms with Crippen LogP contribution < -0.4 is 26.1 Å². The lowest BCUT2D eigenvalue weighted by Gasteiger charge is -2.14. The van der Waals surface area contributed by atoms with Crippen LogP contribution in [0.3, 0.4) is 0 Å². The van der Waals surface area contributed by atoms with Crippen molar-refractivity contribution >= 4 is 21.7 Å². The molecule has 37 heavy (non-hydrogen) atoms. The standard InChI is InChI=1S/C26H22FN5O4S/c27-18-5-10-24(37(32,33)34)23(13-18)17-11-21(35-19-6-1-15(2-7-19)25(28)29)14-22(12-17)36-20-8-3-16(4-9-20)26(30)31/h1-14H,(H3,28,29)(H3,30,31)(H2,32,33,34). The fourth-order valence-corrected chi connectivity index (χ4v) is 4.24. The Morgan fingerprint density at radius 1 is 0.676 bits per heavy atom. The van der Waals surface area contributed by atoms with Gasteiger partial charge in [0.15, 0.2) is 0 Å². The molecule has 0 atom stereocenters. The zero-order valence-corrected chi connectivity index (χ0v) is 20.1. The number of nitrogens with two attached hydrogens (primary N) is 3. The Kier molecular flexibility index (Phi) is 6.92. The molecule has 188 valence electrons. The molecule has 0 radical (unpaired) electrons. The molecule has 4 aromatic rings. The molecule has 8 N–H and O–H groups in total. The van der Waals surface area contributed by atoms with Gasteiger partial charge in [-0.3, -0.25) is 10.8 Å². The molecule has 11 heteroatoms. The molecule has 9 nitrogen and oxygen atoms in total. The fraction of sp³-hybridized carbons (Fsp3) is 0. The molecule has 0 fully saturated rings. The highest BCUT2D eigenvalue weighted by Crippen LogP contribution is 2.37. The summed E-state index contributed by atoms with van der Waals surface area (Å²) in [5.74, 6) is 0.481. The quantitative estimate of drug-likeness (QED) is 0.171. The molecule has 4 aromatic carbocycles. The summed E-state index contributed by atoms with van der Waals surface area (Å²) in [6.07, 6.45) is 0. The largest absolute Gasteiger partial charge is 0.457 e. The fourth-order valence-electron chi connectivity index (χ4n) is 3.50. The number of hydrogen-bond acceptors (Lipinski definition) is 6. The van der Waals surface area contributed by atoms with Gasteiger partial charge in [-0.15, -0.1) is 0 Å². The number of ether oxygens (including phenoxy) is 2. The molecule has 0 aliphatic carbocycles. The molecular formula is C26H22FN5O4S. The summed E-state index contributed by atoms with van der Waals surface area (Å²) in [4.78, 5) is -0.270. The second-order valence-corrected chi connectivity index (χ2v) is 9.49. The lowest BCUT2D eigenvalue weighted by Crippen LogP contribution is -2.13. The van der Waals surface area contributed by atoms with E-state index >= 15 is 0 Å². The van der Waals surface area contributed by atoms with Crippen molar-refractivity contribution in [3.63, 3.8) is 0 Å². The van der Waals surface area contributed by atoms with E-state index in [0.717, 1.165) is 18.2 Å². The van der Waals surface area contributed by atoms with Gasteiger partial charge in [0.1, 0.15) is 40.5 Å². The van der Waals surface area contributed by atoms with Crippen LogP contribution in [0.4, 0.5) is 4.39 Å². The molecular weight excluding hydrogens is 497 g/mol. The third-order valence-electron chi connectivity index (χ3n) is 5.24. The van der Waals surface area contributed by atoms with E-state index in [2.05, 4.69) is 0 Å². The van der Waals surface area contributed by atoms with Crippen molar-refractivity contribution in [2.24, 2.45) is 16.6 Å². The molecule has 0 spiro atoms. The minimum Gasteiger partial charge on any atom is -0.457 e. The lowest BCUT2D eigenvalue weighted by molar-refractivity contribution is 0.460. The molecule has 0 aliphatic rings. The van der Waals surface area contributed by atoms with Gasteiger partial charge in [0.25, 0.3) is 0 Å². The number of primary sulfonamides is 1. The van der Waals surface area contributed by atoms with Crippen LogP contribution in [0.15, 0.2) is 89.8 Å². The van der Waals surface area contributed by atoms with Crippen molar-refractivity contribution in [1.29, 1.82) is 10.8 Å². The maximum Gasteiger partial charge on any atom is 0.238 e. The first-order valence-corrected chi connectivity index (χ1v) is 12.3. The maximum absolute atomic E-state index is 14.2. The number of sulfonamides is 1. The summed E-state index contributed by atoms with van der Waals surface area (Å²) in [5, 5.41) is 20.4. The number of nitrogens with one attached hydrogen (secondary N) is 2. The normalized spacial score (nSPS) is 11.1. The van der Waals surface area contributed by atoms with Crippen LogP contribution in [0.25, 0.3) is 11.1 Å². The van der Waals surface area contributed by atoms with Crippen LogP contribution in [0.2, 0.25) is 0 Å². The summed E-state index contributed by atoms with van der Waals surface area (Å²) in [6.45, 7) is 0. The van der Waals surface area contributed by atoms with E-state index in [0.29, 0.717) is 22.6 Å². The van der Waals surface area contributed by atoms with Crippen molar-refractivity contribution < 1.29 is 22.3 Å². The van der Waals surface area contributed by atoms with Gasteiger partial charge in [0.2, 0.25) is 10.0 Å². The Labute approximate surface area is 212 Å². The van der Waals surface area contributed by atoms with E-state index in [1.807, 2.05) is 0 Å². The zero-order chi connectivity index (χ0) is 26.7. The number of halogens is 1. The third kappa shape index (κ3) is 6.10. The van der Waals surface area contributed by atoms with Crippen LogP contribution in [-0.4, -0.2) is 20.1 Å². The van der Waals surface area contributed by atoms with Gasteiger partial charge in [-0.05, 0) is 84.4 Å². The topological polar surface area (TPSA) is 178 Å². The van der Waals surface area contributed by atoms with E-state index in [1.54, 1.807) is 54.6 Å². The maximum atomic E-state index is 14.2. The van der Waals surface area contributed by atoms with E-state index in [-0.39, 0.29) is 39.2 Å². The van der Waals surface area contributed by atoms with Gasteiger partial charge in [-0.2, -0.15) is 0 Å². The average Bonchev–Trinajstić information content (AvgIpc) is 2.84. The molecule has 0 aliphatic heterocycles. The van der Waals surface area contributed by atoms with Crippen molar-refractivity contribution in [3.05, 3.63) is 102 Å². The monoisotopic (exact) mass is 519 g/mol. The first-order chi connectivity index (χ1) is 17.5. The van der Waals surface area contributed by atoms with Gasteiger partial charge < -0.3 is 20.9 Å². The Morgan fingerprint density at radius 3 is 1.54 bits per heavy atom. The van der Waals surface area contributed by atoms with Gasteiger partial charge >= 0.3 is 0 Å². The highest BCUT2D eigenvalue weighted by molar-refractivity contribution is 7.89. The van der Waals surface area contributed by atoms with Crippen LogP contribution in [0, 0.1) is 16.6 Å². The number of nitrogen functional groups attached to an aromatic ring is 2. The van der Waals surface area contributed by atoms with Crippen molar-refractivity contribution in [2.45, 2.75) is 4.90 Å². The van der Waals surface area contributed by atoms with Gasteiger partial charge in [-0.1, -0.05) is 0 Å². The number of amidine groups is 2. The molecule has 0 heterocycles. The van der Waals surface area contributed by atoms with Crippen LogP contribution in [-0.2, 0) is 10.0 Å². The van der Waals surface area contributed by atoms with E-state index in [1.165, 1.54) is 12.1 Å². The SMILES string of the molecule is N=C(N)c1ccc(Oc2cc(Oc3ccc(C(=N)N)cc3)cc(-c3cc(F)ccc3S(N)(=O)=O)c2)cc1. The third-order valence-corrected chi connectivity index (χ3v) is 6.21. The number of hydrogen-bond donors (Lipinski definition) is 5. The van der Waals surface area contributed by atoms with Crippen molar-refractivity contribution in [2.75, 3.05) is 0 Å². The number of benzene rings is 4. The highest BCUT2D eigenvalue weighted by Gasteiger charge is 2.18. The van der Waals surface area contributed by atoms with Crippen LogP contribution in [0.5, 0.6) is 23.0 Å².